The minimum Gasteiger partial charge on any atom is -0.462 e. The first-order chi connectivity index (χ1) is 12.0. The molecule has 2 heterocycles. The molecule has 5 nitrogen and oxygen atoms in total. The van der Waals surface area contributed by atoms with Crippen LogP contribution in [0, 0.1) is 12.7 Å². The Morgan fingerprint density at radius 3 is 2.68 bits per heavy atom. The highest BCUT2D eigenvalue weighted by atomic mass is 32.1. The number of rotatable bonds is 5. The Morgan fingerprint density at radius 1 is 1.28 bits per heavy atom. The van der Waals surface area contributed by atoms with Crippen LogP contribution in [0.2, 0.25) is 0 Å². The van der Waals surface area contributed by atoms with E-state index >= 15 is 0 Å². The normalized spacial score (nSPS) is 10.9. The lowest BCUT2D eigenvalue weighted by Gasteiger charge is -2.19. The maximum absolute atomic E-state index is 13.1. The average Bonchev–Trinajstić information content (AvgIpc) is 2.94. The van der Waals surface area contributed by atoms with Gasteiger partial charge in [0.15, 0.2) is 0 Å². The Bertz CT molecular complexity index is 909. The number of hydrogen-bond acceptors (Lipinski definition) is 6. The SMILES string of the molecule is CCOC(=O)c1sc2ncnc(N(C)Cc3ccc(F)cc3)c2c1C. The third-order valence-electron chi connectivity index (χ3n) is 3.86. The summed E-state index contributed by atoms with van der Waals surface area (Å²) in [5, 5.41) is 0.847. The van der Waals surface area contributed by atoms with E-state index in [1.54, 1.807) is 19.1 Å². The van der Waals surface area contributed by atoms with E-state index in [4.69, 9.17) is 4.74 Å². The summed E-state index contributed by atoms with van der Waals surface area (Å²) in [7, 11) is 1.91. The van der Waals surface area contributed by atoms with Crippen LogP contribution in [0.1, 0.15) is 27.7 Å². The number of hydrogen-bond donors (Lipinski definition) is 0. The number of halogens is 1. The first kappa shape index (κ1) is 17.3. The van der Waals surface area contributed by atoms with Crippen LogP contribution >= 0.6 is 11.3 Å². The highest BCUT2D eigenvalue weighted by molar-refractivity contribution is 7.20. The van der Waals surface area contributed by atoms with Crippen molar-refractivity contribution in [2.24, 2.45) is 0 Å². The molecule has 0 unspecified atom stereocenters. The van der Waals surface area contributed by atoms with E-state index in [9.17, 15) is 9.18 Å². The number of carbonyl (C=O) groups is 1. The summed E-state index contributed by atoms with van der Waals surface area (Å²) >= 11 is 1.31. The third kappa shape index (κ3) is 3.46. The molecule has 3 rings (SSSR count). The Kier molecular flexibility index (Phi) is 4.94. The Labute approximate surface area is 149 Å². The van der Waals surface area contributed by atoms with Crippen LogP contribution in [0.5, 0.6) is 0 Å². The molecule has 0 radical (unpaired) electrons. The van der Waals surface area contributed by atoms with E-state index in [1.165, 1.54) is 29.8 Å². The zero-order chi connectivity index (χ0) is 18.0. The van der Waals surface area contributed by atoms with E-state index in [0.717, 1.165) is 27.2 Å². The maximum Gasteiger partial charge on any atom is 0.348 e. The minimum absolute atomic E-state index is 0.261. The van der Waals surface area contributed by atoms with Crippen LogP contribution < -0.4 is 4.90 Å². The number of ether oxygens (including phenoxy) is 1. The standard InChI is InChI=1S/C18H18FN3O2S/c1-4-24-18(23)15-11(2)14-16(20-10-21-17(14)25-15)22(3)9-12-5-7-13(19)8-6-12/h5-8,10H,4,9H2,1-3H3. The van der Waals surface area contributed by atoms with Crippen LogP contribution in [0.25, 0.3) is 10.2 Å². The zero-order valence-electron chi connectivity index (χ0n) is 14.2. The second-order valence-corrected chi connectivity index (χ2v) is 6.64. The van der Waals surface area contributed by atoms with Crippen LogP contribution in [0.3, 0.4) is 0 Å². The molecule has 7 heteroatoms. The number of benzene rings is 1. The van der Waals surface area contributed by atoms with E-state index in [-0.39, 0.29) is 11.8 Å². The van der Waals surface area contributed by atoms with Crippen molar-refractivity contribution in [1.82, 2.24) is 9.97 Å². The van der Waals surface area contributed by atoms with Crippen molar-refractivity contribution in [2.45, 2.75) is 20.4 Å². The molecule has 3 aromatic rings. The van der Waals surface area contributed by atoms with Gasteiger partial charge in [-0.3, -0.25) is 0 Å². The predicted molar refractivity (Wildman–Crippen MR) is 96.6 cm³/mol. The van der Waals surface area contributed by atoms with Gasteiger partial charge in [-0.2, -0.15) is 0 Å². The van der Waals surface area contributed by atoms with Gasteiger partial charge in [-0.15, -0.1) is 11.3 Å². The molecule has 0 aliphatic heterocycles. The number of nitrogens with zero attached hydrogens (tertiary/aromatic N) is 3. The van der Waals surface area contributed by atoms with Crippen molar-refractivity contribution in [2.75, 3.05) is 18.6 Å². The molecule has 0 atom stereocenters. The van der Waals surface area contributed by atoms with Gasteiger partial charge in [0.05, 0.1) is 12.0 Å². The smallest absolute Gasteiger partial charge is 0.348 e. The van der Waals surface area contributed by atoms with Crippen molar-refractivity contribution in [3.8, 4) is 0 Å². The fourth-order valence-corrected chi connectivity index (χ4v) is 3.71. The highest BCUT2D eigenvalue weighted by Crippen LogP contribution is 2.35. The minimum atomic E-state index is -0.338. The van der Waals surface area contributed by atoms with E-state index in [2.05, 4.69) is 9.97 Å². The topological polar surface area (TPSA) is 55.3 Å². The summed E-state index contributed by atoms with van der Waals surface area (Å²) < 4.78 is 18.2. The molecule has 0 saturated heterocycles. The second-order valence-electron chi connectivity index (χ2n) is 5.64. The van der Waals surface area contributed by atoms with E-state index < -0.39 is 0 Å². The van der Waals surface area contributed by atoms with E-state index in [1.807, 2.05) is 18.9 Å². The van der Waals surface area contributed by atoms with Gasteiger partial charge in [0.25, 0.3) is 0 Å². The summed E-state index contributed by atoms with van der Waals surface area (Å²) in [5.41, 5.74) is 1.79. The molecule has 0 saturated carbocycles. The van der Waals surface area contributed by atoms with Crippen LogP contribution in [0.4, 0.5) is 10.2 Å². The Morgan fingerprint density at radius 2 is 2.00 bits per heavy atom. The van der Waals surface area contributed by atoms with Crippen molar-refractivity contribution < 1.29 is 13.9 Å². The van der Waals surface area contributed by atoms with Crippen molar-refractivity contribution in [3.05, 3.63) is 52.4 Å². The number of aryl methyl sites for hydroxylation is 1. The molecule has 0 amide bonds. The molecule has 130 valence electrons. The molecule has 25 heavy (non-hydrogen) atoms. The van der Waals surface area contributed by atoms with Crippen LogP contribution in [-0.2, 0) is 11.3 Å². The molecule has 0 aliphatic rings. The highest BCUT2D eigenvalue weighted by Gasteiger charge is 2.21. The Balaban J connectivity index is 1.98. The summed E-state index contributed by atoms with van der Waals surface area (Å²) in [6, 6.07) is 6.37. The lowest BCUT2D eigenvalue weighted by molar-refractivity contribution is 0.0531. The summed E-state index contributed by atoms with van der Waals surface area (Å²) in [4.78, 5) is 24.1. The lowest BCUT2D eigenvalue weighted by Crippen LogP contribution is -2.18. The van der Waals surface area contributed by atoms with E-state index in [0.29, 0.717) is 18.0 Å². The van der Waals surface area contributed by atoms with Crippen molar-refractivity contribution >= 4 is 33.3 Å². The van der Waals surface area contributed by atoms with Gasteiger partial charge in [0.2, 0.25) is 0 Å². The summed E-state index contributed by atoms with van der Waals surface area (Å²) in [6.07, 6.45) is 1.49. The van der Waals surface area contributed by atoms with Crippen molar-refractivity contribution in [1.29, 1.82) is 0 Å². The molecule has 1 aromatic carbocycles. The molecular formula is C18H18FN3O2S. The number of aromatic nitrogens is 2. The maximum atomic E-state index is 13.1. The summed E-state index contributed by atoms with van der Waals surface area (Å²) in [6.45, 7) is 4.55. The molecule has 0 bridgehead atoms. The fourth-order valence-electron chi connectivity index (χ4n) is 2.67. The molecular weight excluding hydrogens is 341 g/mol. The molecule has 0 fully saturated rings. The fraction of sp³-hybridized carbons (Fsp3) is 0.278. The lowest BCUT2D eigenvalue weighted by atomic mass is 10.1. The number of carbonyl (C=O) groups excluding carboxylic acids is 1. The molecule has 0 N–H and O–H groups in total. The number of anilines is 1. The number of thiophene rings is 1. The zero-order valence-corrected chi connectivity index (χ0v) is 15.1. The van der Waals surface area contributed by atoms with Crippen LogP contribution in [-0.4, -0.2) is 29.6 Å². The first-order valence-electron chi connectivity index (χ1n) is 7.88. The Hall–Kier alpha value is -2.54. The van der Waals surface area contributed by atoms with Gasteiger partial charge in [0.1, 0.15) is 27.7 Å². The van der Waals surface area contributed by atoms with Gasteiger partial charge in [-0.05, 0) is 37.1 Å². The van der Waals surface area contributed by atoms with Gasteiger partial charge in [-0.25, -0.2) is 19.2 Å². The monoisotopic (exact) mass is 359 g/mol. The van der Waals surface area contributed by atoms with Crippen LogP contribution in [0.15, 0.2) is 30.6 Å². The number of esters is 1. The number of fused-ring (bicyclic) bond motifs is 1. The quantitative estimate of drug-likeness (QED) is 0.646. The van der Waals surface area contributed by atoms with Gasteiger partial charge < -0.3 is 9.64 Å². The third-order valence-corrected chi connectivity index (χ3v) is 5.04. The van der Waals surface area contributed by atoms with Gasteiger partial charge in [0, 0.05) is 13.6 Å². The average molecular weight is 359 g/mol. The predicted octanol–water partition coefficient (Wildman–Crippen LogP) is 3.95. The molecule has 0 spiro atoms. The molecule has 2 aromatic heterocycles. The largest absolute Gasteiger partial charge is 0.462 e. The first-order valence-corrected chi connectivity index (χ1v) is 8.69. The van der Waals surface area contributed by atoms with Gasteiger partial charge in [-0.1, -0.05) is 12.1 Å². The molecule has 0 aliphatic carbocycles. The van der Waals surface area contributed by atoms with Gasteiger partial charge >= 0.3 is 5.97 Å². The second kappa shape index (κ2) is 7.14. The summed E-state index contributed by atoms with van der Waals surface area (Å²) in [5.74, 6) is 0.136. The van der Waals surface area contributed by atoms with Crippen molar-refractivity contribution in [3.63, 3.8) is 0 Å².